The van der Waals surface area contributed by atoms with Crippen LogP contribution in [0.3, 0.4) is 0 Å². The number of aromatic nitrogens is 2. The summed E-state index contributed by atoms with van der Waals surface area (Å²) in [4.78, 5) is 7.88. The smallest absolute Gasteiger partial charge is 0.224 e. The van der Waals surface area contributed by atoms with Gasteiger partial charge in [0.1, 0.15) is 5.82 Å². The fourth-order valence-corrected chi connectivity index (χ4v) is 2.28. The number of nitrogens with zero attached hydrogens (tertiary/aromatic N) is 2. The van der Waals surface area contributed by atoms with Crippen molar-refractivity contribution in [2.24, 2.45) is 5.92 Å². The maximum Gasteiger partial charge on any atom is 0.224 e. The van der Waals surface area contributed by atoms with Crippen LogP contribution in [-0.4, -0.2) is 27.7 Å². The average Bonchev–Trinajstić information content (AvgIpc) is 2.27. The molecule has 1 aromatic heterocycles. The van der Waals surface area contributed by atoms with Crippen LogP contribution in [0.1, 0.15) is 25.7 Å². The standard InChI is InChI=1S/C11H16ClN3O/c12-11-13-5-4-10(15-11)14-7-8-2-1-3-9(16)6-8/h4-5,8-9,16H,1-3,6-7H2,(H,13,14,15). The molecule has 1 aliphatic rings. The van der Waals surface area contributed by atoms with Crippen molar-refractivity contribution in [3.05, 3.63) is 17.5 Å². The van der Waals surface area contributed by atoms with E-state index in [1.165, 1.54) is 6.42 Å². The van der Waals surface area contributed by atoms with E-state index in [-0.39, 0.29) is 11.4 Å². The number of rotatable bonds is 3. The van der Waals surface area contributed by atoms with Gasteiger partial charge in [0.2, 0.25) is 5.28 Å². The van der Waals surface area contributed by atoms with Gasteiger partial charge < -0.3 is 10.4 Å². The first-order chi connectivity index (χ1) is 7.74. The van der Waals surface area contributed by atoms with Gasteiger partial charge in [0.25, 0.3) is 0 Å². The summed E-state index contributed by atoms with van der Waals surface area (Å²) < 4.78 is 0. The Balaban J connectivity index is 1.82. The van der Waals surface area contributed by atoms with Crippen LogP contribution in [0.5, 0.6) is 0 Å². The highest BCUT2D eigenvalue weighted by molar-refractivity contribution is 6.28. The highest BCUT2D eigenvalue weighted by Gasteiger charge is 2.19. The van der Waals surface area contributed by atoms with Crippen molar-refractivity contribution in [2.75, 3.05) is 11.9 Å². The molecule has 0 saturated heterocycles. The third-order valence-electron chi connectivity index (χ3n) is 2.95. The van der Waals surface area contributed by atoms with Gasteiger partial charge >= 0.3 is 0 Å². The molecule has 0 aliphatic heterocycles. The summed E-state index contributed by atoms with van der Waals surface area (Å²) in [5.74, 6) is 1.28. The summed E-state index contributed by atoms with van der Waals surface area (Å²) in [5, 5.41) is 13.0. The van der Waals surface area contributed by atoms with Crippen LogP contribution in [0.25, 0.3) is 0 Å². The van der Waals surface area contributed by atoms with Crippen molar-refractivity contribution in [1.29, 1.82) is 0 Å². The molecule has 1 aliphatic carbocycles. The molecule has 1 fully saturated rings. The molecule has 2 atom stereocenters. The molecule has 4 nitrogen and oxygen atoms in total. The molecule has 1 saturated carbocycles. The van der Waals surface area contributed by atoms with Gasteiger partial charge in [0.15, 0.2) is 0 Å². The molecular formula is C11H16ClN3O. The summed E-state index contributed by atoms with van der Waals surface area (Å²) in [6.45, 7) is 0.838. The number of aliphatic hydroxyl groups excluding tert-OH is 1. The Morgan fingerprint density at radius 1 is 1.50 bits per heavy atom. The SMILES string of the molecule is OC1CCCC(CNc2ccnc(Cl)n2)C1. The van der Waals surface area contributed by atoms with Crippen LogP contribution in [0, 0.1) is 5.92 Å². The van der Waals surface area contributed by atoms with Crippen LogP contribution < -0.4 is 5.32 Å². The highest BCUT2D eigenvalue weighted by Crippen LogP contribution is 2.24. The molecule has 1 aromatic rings. The Kier molecular flexibility index (Phi) is 3.96. The Hall–Kier alpha value is -0.870. The molecule has 5 heteroatoms. The van der Waals surface area contributed by atoms with E-state index in [1.807, 2.05) is 0 Å². The summed E-state index contributed by atoms with van der Waals surface area (Å²) in [7, 11) is 0. The molecule has 0 amide bonds. The predicted molar refractivity (Wildman–Crippen MR) is 63.5 cm³/mol. The van der Waals surface area contributed by atoms with Crippen molar-refractivity contribution >= 4 is 17.4 Å². The Morgan fingerprint density at radius 3 is 3.12 bits per heavy atom. The summed E-state index contributed by atoms with van der Waals surface area (Å²) in [6, 6.07) is 1.80. The average molecular weight is 242 g/mol. The van der Waals surface area contributed by atoms with Crippen LogP contribution in [0.2, 0.25) is 5.28 Å². The van der Waals surface area contributed by atoms with Gasteiger partial charge in [-0.05, 0) is 42.8 Å². The van der Waals surface area contributed by atoms with E-state index in [4.69, 9.17) is 11.6 Å². The molecule has 0 bridgehead atoms. The van der Waals surface area contributed by atoms with Crippen LogP contribution in [0.4, 0.5) is 5.82 Å². The Bertz CT molecular complexity index is 348. The van der Waals surface area contributed by atoms with E-state index in [2.05, 4.69) is 15.3 Å². The minimum atomic E-state index is -0.130. The van der Waals surface area contributed by atoms with E-state index >= 15 is 0 Å². The van der Waals surface area contributed by atoms with E-state index in [0.717, 1.165) is 31.6 Å². The van der Waals surface area contributed by atoms with Crippen molar-refractivity contribution < 1.29 is 5.11 Å². The second-order valence-corrected chi connectivity index (χ2v) is 4.62. The lowest BCUT2D eigenvalue weighted by Crippen LogP contribution is -2.25. The predicted octanol–water partition coefficient (Wildman–Crippen LogP) is 2.09. The molecule has 0 radical (unpaired) electrons. The van der Waals surface area contributed by atoms with Gasteiger partial charge in [0, 0.05) is 12.7 Å². The van der Waals surface area contributed by atoms with Gasteiger partial charge in [-0.25, -0.2) is 9.97 Å². The Labute approximate surface area is 100 Å². The van der Waals surface area contributed by atoms with Crippen molar-refractivity contribution in [3.63, 3.8) is 0 Å². The molecule has 88 valence electrons. The number of aliphatic hydroxyl groups is 1. The highest BCUT2D eigenvalue weighted by atomic mass is 35.5. The minimum Gasteiger partial charge on any atom is -0.393 e. The number of nitrogens with one attached hydrogen (secondary N) is 1. The third kappa shape index (κ3) is 3.32. The number of hydrogen-bond acceptors (Lipinski definition) is 4. The molecular weight excluding hydrogens is 226 g/mol. The van der Waals surface area contributed by atoms with Gasteiger partial charge in [-0.1, -0.05) is 6.42 Å². The second-order valence-electron chi connectivity index (χ2n) is 4.28. The number of anilines is 1. The molecule has 2 rings (SSSR count). The van der Waals surface area contributed by atoms with Crippen molar-refractivity contribution in [3.8, 4) is 0 Å². The third-order valence-corrected chi connectivity index (χ3v) is 3.14. The van der Waals surface area contributed by atoms with E-state index in [1.54, 1.807) is 12.3 Å². The van der Waals surface area contributed by atoms with Gasteiger partial charge in [0.05, 0.1) is 6.10 Å². The summed E-state index contributed by atoms with van der Waals surface area (Å²) in [6.07, 6.45) is 5.60. The Morgan fingerprint density at radius 2 is 2.38 bits per heavy atom. The lowest BCUT2D eigenvalue weighted by Gasteiger charge is -2.26. The maximum absolute atomic E-state index is 9.55. The first-order valence-electron chi connectivity index (χ1n) is 5.64. The summed E-state index contributed by atoms with van der Waals surface area (Å²) >= 11 is 5.69. The largest absolute Gasteiger partial charge is 0.393 e. The first kappa shape index (κ1) is 11.6. The number of hydrogen-bond donors (Lipinski definition) is 2. The van der Waals surface area contributed by atoms with Gasteiger partial charge in [-0.3, -0.25) is 0 Å². The van der Waals surface area contributed by atoms with Crippen LogP contribution in [0.15, 0.2) is 12.3 Å². The van der Waals surface area contributed by atoms with Crippen molar-refractivity contribution in [1.82, 2.24) is 9.97 Å². The minimum absolute atomic E-state index is 0.130. The lowest BCUT2D eigenvalue weighted by molar-refractivity contribution is 0.104. The quantitative estimate of drug-likeness (QED) is 0.796. The van der Waals surface area contributed by atoms with E-state index in [9.17, 15) is 5.11 Å². The van der Waals surface area contributed by atoms with Crippen molar-refractivity contribution in [2.45, 2.75) is 31.8 Å². The molecule has 1 heterocycles. The fraction of sp³-hybridized carbons (Fsp3) is 0.636. The van der Waals surface area contributed by atoms with Gasteiger partial charge in [-0.15, -0.1) is 0 Å². The topological polar surface area (TPSA) is 58.0 Å². The molecule has 2 unspecified atom stereocenters. The number of halogens is 1. The second kappa shape index (κ2) is 5.46. The zero-order chi connectivity index (χ0) is 11.4. The molecule has 0 aromatic carbocycles. The van der Waals surface area contributed by atoms with E-state index in [0.29, 0.717) is 5.92 Å². The lowest BCUT2D eigenvalue weighted by atomic mass is 9.87. The fourth-order valence-electron chi connectivity index (χ4n) is 2.13. The van der Waals surface area contributed by atoms with Crippen LogP contribution >= 0.6 is 11.6 Å². The normalized spacial score (nSPS) is 25.4. The zero-order valence-electron chi connectivity index (χ0n) is 9.06. The monoisotopic (exact) mass is 241 g/mol. The maximum atomic E-state index is 9.55. The summed E-state index contributed by atoms with van der Waals surface area (Å²) in [5.41, 5.74) is 0. The first-order valence-corrected chi connectivity index (χ1v) is 6.02. The molecule has 0 spiro atoms. The molecule has 16 heavy (non-hydrogen) atoms. The van der Waals surface area contributed by atoms with E-state index < -0.39 is 0 Å². The molecule has 2 N–H and O–H groups in total. The van der Waals surface area contributed by atoms with Gasteiger partial charge in [-0.2, -0.15) is 0 Å². The zero-order valence-corrected chi connectivity index (χ0v) is 9.82. The van der Waals surface area contributed by atoms with Crippen LogP contribution in [-0.2, 0) is 0 Å².